The van der Waals surface area contributed by atoms with Crippen molar-refractivity contribution in [2.45, 2.75) is 0 Å². The van der Waals surface area contributed by atoms with Crippen molar-refractivity contribution < 1.29 is 4.74 Å². The molecule has 2 heteroatoms. The van der Waals surface area contributed by atoms with Crippen LogP contribution < -0.4 is 4.74 Å². The molecule has 0 saturated carbocycles. The third-order valence-electron chi connectivity index (χ3n) is 3.36. The highest BCUT2D eigenvalue weighted by Crippen LogP contribution is 2.34. The molecule has 0 fully saturated rings. The molecule has 86 valence electrons. The van der Waals surface area contributed by atoms with Crippen LogP contribution in [0.4, 0.5) is 0 Å². The molecular formula is C16H11NO. The molecule has 3 aromatic rings. The Morgan fingerprint density at radius 1 is 1.00 bits per heavy atom. The zero-order valence-electron chi connectivity index (χ0n) is 9.76. The molecule has 2 aromatic carbocycles. The Kier molecular flexibility index (Phi) is 1.92. The molecule has 0 atom stereocenters. The number of nitrogens with zero attached hydrogens (tertiary/aromatic N) is 1. The highest BCUT2D eigenvalue weighted by molar-refractivity contribution is 6.07. The monoisotopic (exact) mass is 233 g/mol. The Labute approximate surface area is 105 Å². The molecule has 0 aliphatic carbocycles. The summed E-state index contributed by atoms with van der Waals surface area (Å²) in [5.74, 6) is 0.952. The lowest BCUT2D eigenvalue weighted by Gasteiger charge is -2.15. The van der Waals surface area contributed by atoms with Crippen LogP contribution in [0.3, 0.4) is 0 Å². The van der Waals surface area contributed by atoms with Crippen molar-refractivity contribution in [3.8, 4) is 5.75 Å². The number of benzene rings is 2. The summed E-state index contributed by atoms with van der Waals surface area (Å²) in [7, 11) is 0. The summed E-state index contributed by atoms with van der Waals surface area (Å²) in [6, 6.07) is 12.5. The molecule has 0 N–H and O–H groups in total. The van der Waals surface area contributed by atoms with E-state index in [0.717, 1.165) is 22.2 Å². The van der Waals surface area contributed by atoms with Crippen LogP contribution in [0.2, 0.25) is 0 Å². The van der Waals surface area contributed by atoms with Gasteiger partial charge < -0.3 is 4.74 Å². The van der Waals surface area contributed by atoms with Gasteiger partial charge in [0.15, 0.2) is 0 Å². The molecule has 1 aliphatic rings. The van der Waals surface area contributed by atoms with Gasteiger partial charge in [-0.15, -0.1) is 0 Å². The minimum absolute atomic E-state index is 0.638. The average Bonchev–Trinajstić information content (AvgIpc) is 2.46. The molecule has 1 aromatic heterocycles. The van der Waals surface area contributed by atoms with Gasteiger partial charge in [0, 0.05) is 22.5 Å². The van der Waals surface area contributed by atoms with Gasteiger partial charge in [-0.05, 0) is 17.5 Å². The predicted octanol–water partition coefficient (Wildman–Crippen LogP) is 3.79. The van der Waals surface area contributed by atoms with Gasteiger partial charge in [-0.2, -0.15) is 0 Å². The van der Waals surface area contributed by atoms with Crippen LogP contribution in [0, 0.1) is 0 Å². The van der Waals surface area contributed by atoms with E-state index in [9.17, 15) is 0 Å². The number of hydrogen-bond acceptors (Lipinski definition) is 2. The Bertz CT molecular complexity index is 790. The third kappa shape index (κ3) is 1.26. The minimum atomic E-state index is 0.638. The normalized spacial score (nSPS) is 13.6. The van der Waals surface area contributed by atoms with E-state index in [1.165, 1.54) is 10.8 Å². The first-order valence-corrected chi connectivity index (χ1v) is 6.03. The zero-order valence-corrected chi connectivity index (χ0v) is 9.76. The van der Waals surface area contributed by atoms with E-state index in [1.54, 1.807) is 0 Å². The van der Waals surface area contributed by atoms with Crippen molar-refractivity contribution in [1.29, 1.82) is 0 Å². The number of ether oxygens (including phenoxy) is 1. The van der Waals surface area contributed by atoms with Crippen LogP contribution in [-0.2, 0) is 0 Å². The van der Waals surface area contributed by atoms with Gasteiger partial charge >= 0.3 is 0 Å². The fourth-order valence-electron chi connectivity index (χ4n) is 2.51. The van der Waals surface area contributed by atoms with E-state index < -0.39 is 0 Å². The highest BCUT2D eigenvalue weighted by atomic mass is 16.5. The number of hydrogen-bond donors (Lipinski definition) is 0. The molecule has 1 aliphatic heterocycles. The van der Waals surface area contributed by atoms with Crippen molar-refractivity contribution in [3.63, 3.8) is 0 Å². The van der Waals surface area contributed by atoms with Crippen LogP contribution in [0.25, 0.3) is 27.8 Å². The number of aromatic nitrogens is 1. The Balaban J connectivity index is 2.19. The molecule has 0 bridgehead atoms. The molecule has 0 spiro atoms. The maximum Gasteiger partial charge on any atom is 0.137 e. The lowest BCUT2D eigenvalue weighted by Crippen LogP contribution is -2.01. The smallest absolute Gasteiger partial charge is 0.137 e. The maximum atomic E-state index is 5.76. The molecule has 0 unspecified atom stereocenters. The van der Waals surface area contributed by atoms with E-state index in [1.807, 2.05) is 24.4 Å². The second-order valence-corrected chi connectivity index (χ2v) is 4.44. The van der Waals surface area contributed by atoms with Gasteiger partial charge in [0.05, 0.1) is 5.52 Å². The second kappa shape index (κ2) is 3.57. The van der Waals surface area contributed by atoms with Crippen LogP contribution in [0.15, 0.2) is 48.7 Å². The predicted molar refractivity (Wildman–Crippen MR) is 73.8 cm³/mol. The van der Waals surface area contributed by atoms with Gasteiger partial charge in [-0.25, -0.2) is 0 Å². The largest absolute Gasteiger partial charge is 0.488 e. The topological polar surface area (TPSA) is 22.1 Å². The van der Waals surface area contributed by atoms with Gasteiger partial charge in [0.25, 0.3) is 0 Å². The Morgan fingerprint density at radius 3 is 2.94 bits per heavy atom. The van der Waals surface area contributed by atoms with Gasteiger partial charge in [0.1, 0.15) is 12.4 Å². The lowest BCUT2D eigenvalue weighted by atomic mass is 10.0. The Morgan fingerprint density at radius 2 is 1.94 bits per heavy atom. The third-order valence-corrected chi connectivity index (χ3v) is 3.36. The molecule has 4 rings (SSSR count). The molecule has 0 radical (unpaired) electrons. The van der Waals surface area contributed by atoms with Crippen LogP contribution in [-0.4, -0.2) is 11.6 Å². The van der Waals surface area contributed by atoms with E-state index in [0.29, 0.717) is 6.61 Å². The van der Waals surface area contributed by atoms with Crippen molar-refractivity contribution in [2.75, 3.05) is 6.61 Å². The first-order chi connectivity index (χ1) is 8.93. The van der Waals surface area contributed by atoms with E-state index in [4.69, 9.17) is 4.74 Å². The van der Waals surface area contributed by atoms with Crippen molar-refractivity contribution in [1.82, 2.24) is 4.98 Å². The fraction of sp³-hybridized carbons (Fsp3) is 0.0625. The zero-order chi connectivity index (χ0) is 11.9. The molecular weight excluding hydrogens is 222 g/mol. The molecule has 2 heterocycles. The summed E-state index contributed by atoms with van der Waals surface area (Å²) in [6.45, 7) is 0.638. The van der Waals surface area contributed by atoms with E-state index in [-0.39, 0.29) is 0 Å². The quantitative estimate of drug-likeness (QED) is 0.551. The minimum Gasteiger partial charge on any atom is -0.488 e. The summed E-state index contributed by atoms with van der Waals surface area (Å²) in [6.07, 6.45) is 5.97. The van der Waals surface area contributed by atoms with Crippen molar-refractivity contribution in [2.24, 2.45) is 0 Å². The van der Waals surface area contributed by atoms with Gasteiger partial charge in [-0.1, -0.05) is 36.4 Å². The van der Waals surface area contributed by atoms with E-state index >= 15 is 0 Å². The van der Waals surface area contributed by atoms with Crippen molar-refractivity contribution >= 4 is 27.8 Å². The summed E-state index contributed by atoms with van der Waals surface area (Å²) >= 11 is 0. The van der Waals surface area contributed by atoms with E-state index in [2.05, 4.69) is 35.3 Å². The standard InChI is InChI=1S/C16H11NO/c1-2-6-13-11(4-1)7-8-14-15(13)17-10-12-5-3-9-18-16(12)14/h1-8,10H,9H2. The SMILES string of the molecule is C1=Cc2cnc3c(ccc4ccccc43)c2OC1. The molecule has 2 nitrogen and oxygen atoms in total. The highest BCUT2D eigenvalue weighted by Gasteiger charge is 2.12. The Hall–Kier alpha value is -2.35. The first-order valence-electron chi connectivity index (χ1n) is 6.03. The van der Waals surface area contributed by atoms with Crippen LogP contribution in [0.1, 0.15) is 5.56 Å². The second-order valence-electron chi connectivity index (χ2n) is 4.44. The summed E-state index contributed by atoms with van der Waals surface area (Å²) in [5, 5.41) is 3.48. The summed E-state index contributed by atoms with van der Waals surface area (Å²) < 4.78 is 5.76. The van der Waals surface area contributed by atoms with Crippen LogP contribution in [0.5, 0.6) is 5.75 Å². The fourth-order valence-corrected chi connectivity index (χ4v) is 2.51. The number of rotatable bonds is 0. The molecule has 18 heavy (non-hydrogen) atoms. The lowest BCUT2D eigenvalue weighted by molar-refractivity contribution is 0.363. The summed E-state index contributed by atoms with van der Waals surface area (Å²) in [5.41, 5.74) is 2.08. The first kappa shape index (κ1) is 9.66. The van der Waals surface area contributed by atoms with Gasteiger partial charge in [0.2, 0.25) is 0 Å². The van der Waals surface area contributed by atoms with Crippen molar-refractivity contribution in [3.05, 3.63) is 54.2 Å². The number of fused-ring (bicyclic) bond motifs is 5. The number of pyridine rings is 1. The molecule has 0 saturated heterocycles. The van der Waals surface area contributed by atoms with Gasteiger partial charge in [-0.3, -0.25) is 4.98 Å². The maximum absolute atomic E-state index is 5.76. The summed E-state index contributed by atoms with van der Waals surface area (Å²) in [4.78, 5) is 4.59. The molecule has 0 amide bonds. The average molecular weight is 233 g/mol. The van der Waals surface area contributed by atoms with Crippen LogP contribution >= 0.6 is 0 Å².